The van der Waals surface area contributed by atoms with Gasteiger partial charge in [-0.3, -0.25) is 4.79 Å². The van der Waals surface area contributed by atoms with Gasteiger partial charge in [-0.05, 0) is 30.3 Å². The summed E-state index contributed by atoms with van der Waals surface area (Å²) < 4.78 is 0. The van der Waals surface area contributed by atoms with E-state index in [1.54, 1.807) is 29.3 Å². The Hall–Kier alpha value is -1.71. The summed E-state index contributed by atoms with van der Waals surface area (Å²) >= 11 is 12.0. The number of ketones is 1. The highest BCUT2D eigenvalue weighted by Crippen LogP contribution is 2.29. The molecule has 5 heteroatoms. The van der Waals surface area contributed by atoms with Crippen molar-refractivity contribution < 1.29 is 4.79 Å². The average molecular weight is 309 g/mol. The maximum Gasteiger partial charge on any atom is 0.203 e. The quantitative estimate of drug-likeness (QED) is 0.677. The predicted molar refractivity (Wildman–Crippen MR) is 83.4 cm³/mol. The Morgan fingerprint density at radius 2 is 1.95 bits per heavy atom. The molecule has 1 N–H and O–H groups in total. The van der Waals surface area contributed by atoms with Gasteiger partial charge in [-0.15, -0.1) is 0 Å². The molecule has 0 amide bonds. The Balaban J connectivity index is 2.27. The first-order valence-electron chi connectivity index (χ1n) is 6.01. The van der Waals surface area contributed by atoms with Crippen LogP contribution in [0.1, 0.15) is 10.5 Å². The Morgan fingerprint density at radius 3 is 2.60 bits per heavy atom. The van der Waals surface area contributed by atoms with Crippen LogP contribution in [-0.2, 0) is 0 Å². The highest BCUT2D eigenvalue weighted by Gasteiger charge is 2.09. The molecule has 2 rings (SSSR count). The van der Waals surface area contributed by atoms with E-state index >= 15 is 0 Å². The average Bonchev–Trinajstić information content (AvgIpc) is 2.85. The fraction of sp³-hybridized carbons (Fsp3) is 0.133. The number of hydrogen-bond acceptors (Lipinski definition) is 2. The van der Waals surface area contributed by atoms with Crippen molar-refractivity contribution in [3.05, 3.63) is 58.3 Å². The van der Waals surface area contributed by atoms with Gasteiger partial charge in [0.15, 0.2) is 0 Å². The summed E-state index contributed by atoms with van der Waals surface area (Å²) in [6.07, 6.45) is 3.22. The molecule has 0 unspecified atom stereocenters. The number of aromatic nitrogens is 1. The highest BCUT2D eigenvalue weighted by molar-refractivity contribution is 6.36. The molecule has 1 aromatic heterocycles. The topological polar surface area (TPSA) is 36.1 Å². The van der Waals surface area contributed by atoms with Crippen LogP contribution in [0.4, 0.5) is 0 Å². The number of carbonyl (C=O) groups excluding carboxylic acids is 1. The summed E-state index contributed by atoms with van der Waals surface area (Å²) in [5.74, 6) is -0.0879. The molecule has 0 radical (unpaired) electrons. The van der Waals surface area contributed by atoms with Crippen molar-refractivity contribution in [3.8, 4) is 11.3 Å². The highest BCUT2D eigenvalue weighted by atomic mass is 35.5. The Bertz CT molecular complexity index is 660. The van der Waals surface area contributed by atoms with Crippen LogP contribution >= 0.6 is 23.2 Å². The Kier molecular flexibility index (Phi) is 4.53. The van der Waals surface area contributed by atoms with Crippen LogP contribution in [0, 0.1) is 0 Å². The van der Waals surface area contributed by atoms with E-state index in [4.69, 9.17) is 23.2 Å². The second-order valence-electron chi connectivity index (χ2n) is 4.55. The molecule has 0 fully saturated rings. The van der Waals surface area contributed by atoms with Crippen molar-refractivity contribution >= 4 is 29.0 Å². The molecule has 0 saturated carbocycles. The molecule has 0 saturated heterocycles. The fourth-order valence-corrected chi connectivity index (χ4v) is 2.22. The molecule has 1 aromatic carbocycles. The van der Waals surface area contributed by atoms with E-state index in [2.05, 4.69) is 4.98 Å². The minimum atomic E-state index is -0.0879. The number of allylic oxidation sites excluding steroid dienone is 1. The number of nitrogens with zero attached hydrogens (tertiary/aromatic N) is 1. The summed E-state index contributed by atoms with van der Waals surface area (Å²) in [6, 6.07) is 8.82. The van der Waals surface area contributed by atoms with E-state index < -0.39 is 0 Å². The first-order chi connectivity index (χ1) is 9.47. The first kappa shape index (κ1) is 14.7. The lowest BCUT2D eigenvalue weighted by Gasteiger charge is -2.03. The van der Waals surface area contributed by atoms with Crippen molar-refractivity contribution in [2.24, 2.45) is 0 Å². The van der Waals surface area contributed by atoms with Crippen molar-refractivity contribution in [1.82, 2.24) is 9.88 Å². The van der Waals surface area contributed by atoms with E-state index in [1.807, 2.05) is 26.2 Å². The zero-order valence-corrected chi connectivity index (χ0v) is 12.7. The molecule has 0 spiro atoms. The maximum absolute atomic E-state index is 11.9. The van der Waals surface area contributed by atoms with Gasteiger partial charge in [0, 0.05) is 42.7 Å². The minimum absolute atomic E-state index is 0.0879. The van der Waals surface area contributed by atoms with Gasteiger partial charge in [0.1, 0.15) is 0 Å². The van der Waals surface area contributed by atoms with Crippen LogP contribution in [0.5, 0.6) is 0 Å². The number of carbonyl (C=O) groups is 1. The normalized spacial score (nSPS) is 11.0. The van der Waals surface area contributed by atoms with E-state index in [1.165, 1.54) is 6.08 Å². The second-order valence-corrected chi connectivity index (χ2v) is 5.40. The standard InChI is InChI=1S/C15H14Cl2N2O/c1-19(2)8-7-15(20)14-6-5-13(18-14)11-4-3-10(16)9-12(11)17/h3-9,18H,1-2H3. The SMILES string of the molecule is CN(C)C=CC(=O)c1ccc(-c2ccc(Cl)cc2Cl)[nH]1. The van der Waals surface area contributed by atoms with Gasteiger partial charge in [0.25, 0.3) is 0 Å². The van der Waals surface area contributed by atoms with Gasteiger partial charge in [0.05, 0.1) is 10.7 Å². The second kappa shape index (κ2) is 6.16. The summed E-state index contributed by atoms with van der Waals surface area (Å²) in [5, 5.41) is 1.12. The van der Waals surface area contributed by atoms with Crippen molar-refractivity contribution in [2.75, 3.05) is 14.1 Å². The molecule has 3 nitrogen and oxygen atoms in total. The Morgan fingerprint density at radius 1 is 1.20 bits per heavy atom. The largest absolute Gasteiger partial charge is 0.383 e. The third-order valence-corrected chi connectivity index (χ3v) is 3.24. The van der Waals surface area contributed by atoms with Crippen LogP contribution in [-0.4, -0.2) is 29.8 Å². The van der Waals surface area contributed by atoms with E-state index in [0.29, 0.717) is 15.7 Å². The van der Waals surface area contributed by atoms with Gasteiger partial charge in [-0.1, -0.05) is 23.2 Å². The first-order valence-corrected chi connectivity index (χ1v) is 6.76. The minimum Gasteiger partial charge on any atom is -0.383 e. The van der Waals surface area contributed by atoms with Gasteiger partial charge in [0.2, 0.25) is 5.78 Å². The monoisotopic (exact) mass is 308 g/mol. The smallest absolute Gasteiger partial charge is 0.203 e. The number of nitrogens with one attached hydrogen (secondary N) is 1. The zero-order chi connectivity index (χ0) is 14.7. The van der Waals surface area contributed by atoms with Crippen LogP contribution in [0.25, 0.3) is 11.3 Å². The molecule has 2 aromatic rings. The Labute approximate surface area is 127 Å². The van der Waals surface area contributed by atoms with Gasteiger partial charge in [-0.25, -0.2) is 0 Å². The lowest BCUT2D eigenvalue weighted by atomic mass is 10.1. The number of halogens is 2. The summed E-state index contributed by atoms with van der Waals surface area (Å²) in [6.45, 7) is 0. The maximum atomic E-state index is 11.9. The summed E-state index contributed by atoms with van der Waals surface area (Å²) in [7, 11) is 3.72. The van der Waals surface area contributed by atoms with Crippen molar-refractivity contribution in [3.63, 3.8) is 0 Å². The third-order valence-electron chi connectivity index (χ3n) is 2.70. The fourth-order valence-electron chi connectivity index (χ4n) is 1.71. The number of H-pyrrole nitrogens is 1. The molecule has 0 aliphatic heterocycles. The molecule has 1 heterocycles. The molecular weight excluding hydrogens is 295 g/mol. The third kappa shape index (κ3) is 3.44. The van der Waals surface area contributed by atoms with Crippen molar-refractivity contribution in [1.29, 1.82) is 0 Å². The molecule has 104 valence electrons. The number of hydrogen-bond donors (Lipinski definition) is 1. The van der Waals surface area contributed by atoms with E-state index in [0.717, 1.165) is 11.3 Å². The number of aromatic amines is 1. The summed E-state index contributed by atoms with van der Waals surface area (Å²) in [4.78, 5) is 16.8. The number of benzene rings is 1. The molecule has 0 atom stereocenters. The molecule has 0 bridgehead atoms. The van der Waals surface area contributed by atoms with Crippen molar-refractivity contribution in [2.45, 2.75) is 0 Å². The van der Waals surface area contributed by atoms with Crippen LogP contribution < -0.4 is 0 Å². The van der Waals surface area contributed by atoms with E-state index in [9.17, 15) is 4.79 Å². The molecule has 0 aliphatic rings. The summed E-state index contributed by atoms with van der Waals surface area (Å²) in [5.41, 5.74) is 2.11. The lowest BCUT2D eigenvalue weighted by molar-refractivity contribution is 0.104. The van der Waals surface area contributed by atoms with Crippen LogP contribution in [0.3, 0.4) is 0 Å². The lowest BCUT2D eigenvalue weighted by Crippen LogP contribution is -2.03. The zero-order valence-electron chi connectivity index (χ0n) is 11.2. The molecule has 0 aliphatic carbocycles. The van der Waals surface area contributed by atoms with E-state index in [-0.39, 0.29) is 5.78 Å². The predicted octanol–water partition coefficient (Wildman–Crippen LogP) is 4.25. The molecular formula is C15H14Cl2N2O. The van der Waals surface area contributed by atoms with Gasteiger partial charge < -0.3 is 9.88 Å². The van der Waals surface area contributed by atoms with Crippen LogP contribution in [0.2, 0.25) is 10.0 Å². The van der Waals surface area contributed by atoms with Crippen LogP contribution in [0.15, 0.2) is 42.6 Å². The number of rotatable bonds is 4. The molecule has 20 heavy (non-hydrogen) atoms. The van der Waals surface area contributed by atoms with Gasteiger partial charge in [-0.2, -0.15) is 0 Å². The van der Waals surface area contributed by atoms with Gasteiger partial charge >= 0.3 is 0 Å².